The Balaban J connectivity index is 1.97. The van der Waals surface area contributed by atoms with Gasteiger partial charge in [0.2, 0.25) is 11.8 Å². The second-order valence-electron chi connectivity index (χ2n) is 4.98. The number of rotatable bonds is 6. The second kappa shape index (κ2) is 7.98. The highest BCUT2D eigenvalue weighted by atomic mass is 32.2. The molecule has 0 aliphatic carbocycles. The Morgan fingerprint density at radius 2 is 1.79 bits per heavy atom. The Hall–Kier alpha value is -2.32. The van der Waals surface area contributed by atoms with Crippen LogP contribution in [0, 0.1) is 0 Å². The zero-order valence-corrected chi connectivity index (χ0v) is 14.8. The second-order valence-corrected chi connectivity index (χ2v) is 7.31. The average Bonchev–Trinajstić information content (AvgIpc) is 2.97. The number of carbonyl (C=O) groups is 3. The third kappa shape index (κ3) is 4.84. The molecule has 2 rings (SSSR count). The molecule has 1 heterocycles. The number of thioether (sulfide) groups is 1. The van der Waals surface area contributed by atoms with Crippen LogP contribution < -0.4 is 16.4 Å². The number of thiophene rings is 1. The molecule has 3 amide bonds. The molecule has 0 unspecified atom stereocenters. The van der Waals surface area contributed by atoms with Crippen LogP contribution in [0.1, 0.15) is 24.2 Å². The van der Waals surface area contributed by atoms with Gasteiger partial charge in [-0.1, -0.05) is 0 Å². The molecule has 0 bridgehead atoms. The SMILES string of the molecule is CC(=O)Nc1ccc(S[C@@H](C)C(=O)Nc2sccc2C(N)=O)cc1. The Morgan fingerprint density at radius 3 is 2.38 bits per heavy atom. The van der Waals surface area contributed by atoms with E-state index in [1.54, 1.807) is 30.5 Å². The van der Waals surface area contributed by atoms with Crippen LogP contribution in [0.5, 0.6) is 0 Å². The lowest BCUT2D eigenvalue weighted by Crippen LogP contribution is -2.23. The highest BCUT2D eigenvalue weighted by Gasteiger charge is 2.18. The molecule has 0 saturated carbocycles. The first kappa shape index (κ1) is 18.0. The highest BCUT2D eigenvalue weighted by molar-refractivity contribution is 8.00. The number of primary amides is 1. The van der Waals surface area contributed by atoms with E-state index < -0.39 is 5.91 Å². The summed E-state index contributed by atoms with van der Waals surface area (Å²) in [5.74, 6) is -0.916. The molecule has 6 nitrogen and oxygen atoms in total. The van der Waals surface area contributed by atoms with E-state index in [1.807, 2.05) is 12.1 Å². The molecule has 1 aromatic carbocycles. The van der Waals surface area contributed by atoms with Gasteiger partial charge in [-0.2, -0.15) is 0 Å². The Morgan fingerprint density at radius 1 is 1.12 bits per heavy atom. The minimum Gasteiger partial charge on any atom is -0.366 e. The normalized spacial score (nSPS) is 11.6. The van der Waals surface area contributed by atoms with Crippen LogP contribution in [0.2, 0.25) is 0 Å². The summed E-state index contributed by atoms with van der Waals surface area (Å²) in [5.41, 5.74) is 6.28. The number of hydrogen-bond donors (Lipinski definition) is 3. The van der Waals surface area contributed by atoms with Gasteiger partial charge in [0.25, 0.3) is 5.91 Å². The van der Waals surface area contributed by atoms with Crippen LogP contribution in [0.15, 0.2) is 40.6 Å². The smallest absolute Gasteiger partial charge is 0.251 e. The first-order valence-electron chi connectivity index (χ1n) is 7.09. The van der Waals surface area contributed by atoms with Crippen molar-refractivity contribution in [1.29, 1.82) is 0 Å². The first-order chi connectivity index (χ1) is 11.4. The maximum Gasteiger partial charge on any atom is 0.251 e. The van der Waals surface area contributed by atoms with Gasteiger partial charge in [0.15, 0.2) is 0 Å². The van der Waals surface area contributed by atoms with Crippen LogP contribution in [0.25, 0.3) is 0 Å². The van der Waals surface area contributed by atoms with E-state index in [2.05, 4.69) is 10.6 Å². The van der Waals surface area contributed by atoms with Gasteiger partial charge in [-0.05, 0) is 42.6 Å². The van der Waals surface area contributed by atoms with Gasteiger partial charge < -0.3 is 16.4 Å². The van der Waals surface area contributed by atoms with Gasteiger partial charge in [0.1, 0.15) is 5.00 Å². The van der Waals surface area contributed by atoms with Gasteiger partial charge in [-0.3, -0.25) is 14.4 Å². The number of amides is 3. The predicted octanol–water partition coefficient (Wildman–Crippen LogP) is 2.92. The third-order valence-corrected chi connectivity index (χ3v) is 4.97. The lowest BCUT2D eigenvalue weighted by Gasteiger charge is -2.12. The van der Waals surface area contributed by atoms with Crippen molar-refractivity contribution < 1.29 is 14.4 Å². The molecule has 8 heteroatoms. The van der Waals surface area contributed by atoms with Crippen molar-refractivity contribution in [2.75, 3.05) is 10.6 Å². The Bertz CT molecular complexity index is 756. The van der Waals surface area contributed by atoms with Crippen LogP contribution in [0.4, 0.5) is 10.7 Å². The van der Waals surface area contributed by atoms with Crippen molar-refractivity contribution in [2.24, 2.45) is 5.73 Å². The van der Waals surface area contributed by atoms with Crippen molar-refractivity contribution in [3.8, 4) is 0 Å². The molecule has 0 radical (unpaired) electrons. The summed E-state index contributed by atoms with van der Waals surface area (Å²) in [7, 11) is 0. The molecule has 0 fully saturated rings. The van der Waals surface area contributed by atoms with Crippen LogP contribution >= 0.6 is 23.1 Å². The van der Waals surface area contributed by atoms with Gasteiger partial charge in [0.05, 0.1) is 10.8 Å². The minimum absolute atomic E-state index is 0.135. The number of benzene rings is 1. The lowest BCUT2D eigenvalue weighted by molar-refractivity contribution is -0.115. The molecule has 0 saturated heterocycles. The summed E-state index contributed by atoms with van der Waals surface area (Å²) in [6.07, 6.45) is 0. The zero-order valence-electron chi connectivity index (χ0n) is 13.2. The maximum absolute atomic E-state index is 12.3. The largest absolute Gasteiger partial charge is 0.366 e. The van der Waals surface area contributed by atoms with Gasteiger partial charge in [-0.25, -0.2) is 0 Å². The Kier molecular flexibility index (Phi) is 5.99. The van der Waals surface area contributed by atoms with Crippen LogP contribution in [0.3, 0.4) is 0 Å². The van der Waals surface area contributed by atoms with Crippen LogP contribution in [-0.4, -0.2) is 23.0 Å². The fraction of sp³-hybridized carbons (Fsp3) is 0.188. The summed E-state index contributed by atoms with van der Waals surface area (Å²) >= 11 is 2.63. The van der Waals surface area contributed by atoms with Crippen molar-refractivity contribution >= 4 is 51.5 Å². The van der Waals surface area contributed by atoms with Crippen molar-refractivity contribution in [2.45, 2.75) is 24.0 Å². The highest BCUT2D eigenvalue weighted by Crippen LogP contribution is 2.27. The first-order valence-corrected chi connectivity index (χ1v) is 8.85. The number of nitrogens with two attached hydrogens (primary N) is 1. The van der Waals surface area contributed by atoms with E-state index in [0.717, 1.165) is 4.90 Å². The molecule has 1 aromatic heterocycles. The molecular formula is C16H17N3O3S2. The zero-order chi connectivity index (χ0) is 17.7. The molecule has 0 aliphatic heterocycles. The van der Waals surface area contributed by atoms with E-state index in [1.165, 1.54) is 30.0 Å². The monoisotopic (exact) mass is 363 g/mol. The summed E-state index contributed by atoms with van der Waals surface area (Å²) in [4.78, 5) is 35.4. The molecule has 2 aromatic rings. The Labute approximate surface area is 147 Å². The summed E-state index contributed by atoms with van der Waals surface area (Å²) in [6.45, 7) is 3.22. The molecule has 24 heavy (non-hydrogen) atoms. The van der Waals surface area contributed by atoms with Gasteiger partial charge in [-0.15, -0.1) is 23.1 Å². The topological polar surface area (TPSA) is 101 Å². The molecular weight excluding hydrogens is 346 g/mol. The molecule has 126 valence electrons. The van der Waals surface area contributed by atoms with Gasteiger partial charge >= 0.3 is 0 Å². The van der Waals surface area contributed by atoms with E-state index >= 15 is 0 Å². The fourth-order valence-corrected chi connectivity index (χ4v) is 3.55. The van der Waals surface area contributed by atoms with Crippen molar-refractivity contribution in [3.63, 3.8) is 0 Å². The molecule has 0 aliphatic rings. The van der Waals surface area contributed by atoms with E-state index in [4.69, 9.17) is 5.73 Å². The quantitative estimate of drug-likeness (QED) is 0.687. The minimum atomic E-state index is -0.569. The summed E-state index contributed by atoms with van der Waals surface area (Å²) in [5, 5.41) is 7.22. The van der Waals surface area contributed by atoms with Crippen molar-refractivity contribution in [3.05, 3.63) is 41.3 Å². The maximum atomic E-state index is 12.3. The predicted molar refractivity (Wildman–Crippen MR) is 97.5 cm³/mol. The summed E-state index contributed by atoms with van der Waals surface area (Å²) in [6, 6.07) is 8.80. The van der Waals surface area contributed by atoms with E-state index in [0.29, 0.717) is 16.3 Å². The number of carbonyl (C=O) groups excluding carboxylic acids is 3. The summed E-state index contributed by atoms with van der Waals surface area (Å²) < 4.78 is 0. The number of hydrogen-bond acceptors (Lipinski definition) is 5. The lowest BCUT2D eigenvalue weighted by atomic mass is 10.3. The van der Waals surface area contributed by atoms with Gasteiger partial charge in [0, 0.05) is 17.5 Å². The van der Waals surface area contributed by atoms with E-state index in [-0.39, 0.29) is 17.1 Å². The third-order valence-electron chi connectivity index (χ3n) is 3.02. The molecule has 1 atom stereocenters. The molecule has 0 spiro atoms. The average molecular weight is 363 g/mol. The number of nitrogens with one attached hydrogen (secondary N) is 2. The number of anilines is 2. The van der Waals surface area contributed by atoms with Crippen LogP contribution in [-0.2, 0) is 9.59 Å². The van der Waals surface area contributed by atoms with E-state index in [9.17, 15) is 14.4 Å². The standard InChI is InChI=1S/C16H17N3O3S2/c1-9(15(22)19-16-13(14(17)21)7-8-23-16)24-12-5-3-11(4-6-12)18-10(2)20/h3-9H,1-2H3,(H2,17,21)(H,18,20)(H,19,22)/t9-/m0/s1. The fourth-order valence-electron chi connectivity index (χ4n) is 1.89. The van der Waals surface area contributed by atoms with Crippen molar-refractivity contribution in [1.82, 2.24) is 0 Å². The molecule has 4 N–H and O–H groups in total.